The van der Waals surface area contributed by atoms with Gasteiger partial charge in [-0.05, 0) is 6.08 Å². The second-order valence-corrected chi connectivity index (χ2v) is 2.99. The average molecular weight is 200 g/mol. The zero-order valence-corrected chi connectivity index (χ0v) is 7.97. The van der Waals surface area contributed by atoms with E-state index in [2.05, 4.69) is 0 Å². The molecular weight excluding hydrogens is 188 g/mol. The number of aliphatic carboxylic acids is 1. The molecule has 78 valence electrons. The van der Waals surface area contributed by atoms with Gasteiger partial charge < -0.3 is 14.6 Å². The minimum Gasteiger partial charge on any atom is -0.481 e. The molecule has 0 aromatic heterocycles. The fourth-order valence-electron chi connectivity index (χ4n) is 1.56. The summed E-state index contributed by atoms with van der Waals surface area (Å²) >= 11 is 0. The number of carbonyl (C=O) groups is 2. The highest BCUT2D eigenvalue weighted by Crippen LogP contribution is 2.27. The van der Waals surface area contributed by atoms with Crippen LogP contribution in [0.15, 0.2) is 12.2 Å². The van der Waals surface area contributed by atoms with Crippen LogP contribution in [-0.2, 0) is 19.1 Å². The van der Waals surface area contributed by atoms with Crippen LogP contribution >= 0.6 is 0 Å². The quantitative estimate of drug-likeness (QED) is 0.513. The third-order valence-electron chi connectivity index (χ3n) is 2.22. The van der Waals surface area contributed by atoms with Gasteiger partial charge in [-0.2, -0.15) is 0 Å². The normalized spacial score (nSPS) is 26.1. The molecule has 0 heterocycles. The van der Waals surface area contributed by atoms with Crippen molar-refractivity contribution in [3.8, 4) is 0 Å². The van der Waals surface area contributed by atoms with Gasteiger partial charge in [0.25, 0.3) is 0 Å². The van der Waals surface area contributed by atoms with E-state index in [1.807, 2.05) is 0 Å². The van der Waals surface area contributed by atoms with Crippen LogP contribution in [0.2, 0.25) is 0 Å². The molecule has 1 rings (SSSR count). The molecule has 0 saturated heterocycles. The van der Waals surface area contributed by atoms with Gasteiger partial charge in [0.05, 0.1) is 0 Å². The lowest BCUT2D eigenvalue weighted by Gasteiger charge is -2.22. The molecule has 2 atom stereocenters. The predicted molar refractivity (Wildman–Crippen MR) is 46.6 cm³/mol. The lowest BCUT2D eigenvalue weighted by molar-refractivity contribution is -0.162. The van der Waals surface area contributed by atoms with E-state index in [0.717, 1.165) is 0 Å². The first-order valence-electron chi connectivity index (χ1n) is 4.12. The molecule has 5 nitrogen and oxygen atoms in total. The first kappa shape index (κ1) is 10.9. The Kier molecular flexibility index (Phi) is 3.38. The van der Waals surface area contributed by atoms with Gasteiger partial charge in [0, 0.05) is 20.1 Å². The van der Waals surface area contributed by atoms with Gasteiger partial charge in [0.1, 0.15) is 5.92 Å². The van der Waals surface area contributed by atoms with E-state index in [1.165, 1.54) is 26.4 Å². The largest absolute Gasteiger partial charge is 0.481 e. The van der Waals surface area contributed by atoms with Crippen molar-refractivity contribution in [1.29, 1.82) is 0 Å². The number of ketones is 1. The average Bonchev–Trinajstić information content (AvgIpc) is 2.50. The van der Waals surface area contributed by atoms with E-state index in [1.54, 1.807) is 0 Å². The highest BCUT2D eigenvalue weighted by atomic mass is 16.7. The Balaban J connectivity index is 2.82. The molecule has 0 fully saturated rings. The van der Waals surface area contributed by atoms with Crippen molar-refractivity contribution in [2.75, 3.05) is 14.2 Å². The number of carboxylic acid groups (broad SMARTS) is 1. The van der Waals surface area contributed by atoms with E-state index in [-0.39, 0.29) is 0 Å². The molecule has 0 spiro atoms. The minimum absolute atomic E-state index is 0.415. The fourth-order valence-corrected chi connectivity index (χ4v) is 1.56. The third kappa shape index (κ3) is 1.83. The molecule has 0 aromatic carbocycles. The van der Waals surface area contributed by atoms with Crippen LogP contribution in [-0.4, -0.2) is 37.4 Å². The summed E-state index contributed by atoms with van der Waals surface area (Å²) in [5.41, 5.74) is 0. The maximum Gasteiger partial charge on any atom is 0.315 e. The molecule has 0 amide bonds. The predicted octanol–water partition coefficient (Wildman–Crippen LogP) is 0.0612. The van der Waals surface area contributed by atoms with Crippen LogP contribution < -0.4 is 0 Å². The summed E-state index contributed by atoms with van der Waals surface area (Å²) in [6.07, 6.45) is 2.08. The molecule has 5 heteroatoms. The number of allylic oxidation sites excluding steroid dienone is 1. The summed E-state index contributed by atoms with van der Waals surface area (Å²) in [7, 11) is 2.81. The highest BCUT2D eigenvalue weighted by Gasteiger charge is 2.41. The molecule has 1 N–H and O–H groups in total. The van der Waals surface area contributed by atoms with Crippen molar-refractivity contribution in [1.82, 2.24) is 0 Å². The highest BCUT2D eigenvalue weighted by molar-refractivity contribution is 6.06. The second-order valence-electron chi connectivity index (χ2n) is 2.99. The summed E-state index contributed by atoms with van der Waals surface area (Å²) in [5, 5.41) is 8.82. The molecular formula is C9H12O5. The molecule has 0 bridgehead atoms. The number of rotatable bonds is 4. The van der Waals surface area contributed by atoms with Crippen LogP contribution in [0.1, 0.15) is 0 Å². The molecule has 0 saturated carbocycles. The van der Waals surface area contributed by atoms with Crippen LogP contribution in [0, 0.1) is 11.8 Å². The summed E-state index contributed by atoms with van der Waals surface area (Å²) in [5.74, 6) is -3.19. The SMILES string of the molecule is COC(OC)C1C=CC(=O)C1C(=O)O. The monoisotopic (exact) mass is 200 g/mol. The summed E-state index contributed by atoms with van der Waals surface area (Å²) < 4.78 is 9.85. The maximum atomic E-state index is 11.2. The van der Waals surface area contributed by atoms with Crippen molar-refractivity contribution >= 4 is 11.8 Å². The Morgan fingerprint density at radius 1 is 1.50 bits per heavy atom. The topological polar surface area (TPSA) is 72.8 Å². The molecule has 0 aromatic rings. The Hall–Kier alpha value is -1.20. The smallest absolute Gasteiger partial charge is 0.315 e. The molecule has 1 aliphatic rings. The van der Waals surface area contributed by atoms with Crippen LogP contribution in [0.4, 0.5) is 0 Å². The van der Waals surface area contributed by atoms with Gasteiger partial charge >= 0.3 is 5.97 Å². The van der Waals surface area contributed by atoms with E-state index in [4.69, 9.17) is 14.6 Å². The van der Waals surface area contributed by atoms with Gasteiger partial charge in [0.15, 0.2) is 12.1 Å². The lowest BCUT2D eigenvalue weighted by Crippen LogP contribution is -2.34. The van der Waals surface area contributed by atoms with E-state index in [0.29, 0.717) is 0 Å². The second kappa shape index (κ2) is 4.34. The Bertz CT molecular complexity index is 266. The van der Waals surface area contributed by atoms with Gasteiger partial charge in [-0.25, -0.2) is 0 Å². The molecule has 0 aliphatic heterocycles. The minimum atomic E-state index is -1.15. The number of hydrogen-bond donors (Lipinski definition) is 1. The maximum absolute atomic E-state index is 11.2. The van der Waals surface area contributed by atoms with Crippen molar-refractivity contribution in [2.24, 2.45) is 11.8 Å². The van der Waals surface area contributed by atoms with E-state index in [9.17, 15) is 9.59 Å². The summed E-state index contributed by atoms with van der Waals surface area (Å²) in [6, 6.07) is 0. The Labute approximate surface area is 81.3 Å². The standard InChI is InChI=1S/C9H12O5/c1-13-9(14-2)5-3-4-6(10)7(5)8(11)12/h3-5,7,9H,1-2H3,(H,11,12). The van der Waals surface area contributed by atoms with Crippen LogP contribution in [0.5, 0.6) is 0 Å². The van der Waals surface area contributed by atoms with Gasteiger partial charge in [-0.1, -0.05) is 6.08 Å². The molecule has 1 aliphatic carbocycles. The van der Waals surface area contributed by atoms with Crippen molar-refractivity contribution in [3.63, 3.8) is 0 Å². The summed E-state index contributed by atoms with van der Waals surface area (Å²) in [4.78, 5) is 22.0. The van der Waals surface area contributed by atoms with Crippen LogP contribution in [0.25, 0.3) is 0 Å². The van der Waals surface area contributed by atoms with Gasteiger partial charge in [-0.15, -0.1) is 0 Å². The Morgan fingerprint density at radius 3 is 2.50 bits per heavy atom. The van der Waals surface area contributed by atoms with Crippen molar-refractivity contribution in [2.45, 2.75) is 6.29 Å². The van der Waals surface area contributed by atoms with Gasteiger partial charge in [0.2, 0.25) is 0 Å². The molecule has 14 heavy (non-hydrogen) atoms. The Morgan fingerprint density at radius 2 is 2.07 bits per heavy atom. The first-order chi connectivity index (χ1) is 6.61. The number of ether oxygens (including phenoxy) is 2. The van der Waals surface area contributed by atoms with E-state index < -0.39 is 29.9 Å². The zero-order valence-electron chi connectivity index (χ0n) is 7.97. The summed E-state index contributed by atoms with van der Waals surface area (Å²) in [6.45, 7) is 0. The van der Waals surface area contributed by atoms with Crippen molar-refractivity contribution in [3.05, 3.63) is 12.2 Å². The van der Waals surface area contributed by atoms with Crippen molar-refractivity contribution < 1.29 is 24.2 Å². The third-order valence-corrected chi connectivity index (χ3v) is 2.22. The number of carboxylic acids is 1. The molecule has 0 radical (unpaired) electrons. The number of hydrogen-bond acceptors (Lipinski definition) is 4. The fraction of sp³-hybridized carbons (Fsp3) is 0.556. The van der Waals surface area contributed by atoms with Gasteiger partial charge in [-0.3, -0.25) is 9.59 Å². The van der Waals surface area contributed by atoms with E-state index >= 15 is 0 Å². The van der Waals surface area contributed by atoms with Crippen LogP contribution in [0.3, 0.4) is 0 Å². The number of carbonyl (C=O) groups excluding carboxylic acids is 1. The zero-order chi connectivity index (χ0) is 10.7. The molecule has 2 unspecified atom stereocenters. The lowest BCUT2D eigenvalue weighted by atomic mass is 9.94. The number of methoxy groups -OCH3 is 2. The first-order valence-corrected chi connectivity index (χ1v) is 4.12.